The van der Waals surface area contributed by atoms with Gasteiger partial charge in [-0.1, -0.05) is 54.2 Å². The fourth-order valence-corrected chi connectivity index (χ4v) is 6.70. The molecule has 1 N–H and O–H groups in total. The highest BCUT2D eigenvalue weighted by molar-refractivity contribution is 7.99. The molecule has 7 nitrogen and oxygen atoms in total. The molecule has 0 spiro atoms. The average molecular weight is 579 g/mol. The highest BCUT2D eigenvalue weighted by atomic mass is 32.2. The normalized spacial score (nSPS) is 11.0. The lowest BCUT2D eigenvalue weighted by Gasteiger charge is -2.08. The molecule has 0 unspecified atom stereocenters. The van der Waals surface area contributed by atoms with Gasteiger partial charge in [-0.25, -0.2) is 9.18 Å². The van der Waals surface area contributed by atoms with Crippen LogP contribution < -0.4 is 5.32 Å². The Morgan fingerprint density at radius 1 is 1.00 bits per heavy atom. The molecule has 1 amide bonds. The van der Waals surface area contributed by atoms with Gasteiger partial charge in [-0.05, 0) is 30.2 Å². The number of anilines is 1. The van der Waals surface area contributed by atoms with Crippen LogP contribution in [0.4, 0.5) is 9.39 Å². The van der Waals surface area contributed by atoms with Gasteiger partial charge < -0.3 is 14.6 Å². The van der Waals surface area contributed by atoms with E-state index in [9.17, 15) is 14.0 Å². The van der Waals surface area contributed by atoms with Gasteiger partial charge in [0, 0.05) is 39.4 Å². The molecule has 0 saturated heterocycles. The van der Waals surface area contributed by atoms with Crippen molar-refractivity contribution in [2.24, 2.45) is 7.05 Å². The summed E-state index contributed by atoms with van der Waals surface area (Å²) in [6.07, 6.45) is 0. The minimum atomic E-state index is -0.586. The van der Waals surface area contributed by atoms with E-state index in [0.29, 0.717) is 21.3 Å². The molecule has 5 aromatic rings. The van der Waals surface area contributed by atoms with Crippen molar-refractivity contribution in [1.29, 1.82) is 0 Å². The highest BCUT2D eigenvalue weighted by Crippen LogP contribution is 2.39. The summed E-state index contributed by atoms with van der Waals surface area (Å²) in [4.78, 5) is 26.6. The molecule has 0 aliphatic carbocycles. The van der Waals surface area contributed by atoms with Crippen LogP contribution in [0.5, 0.6) is 0 Å². The Labute approximate surface area is 236 Å². The number of thioether (sulfide) groups is 1. The molecule has 11 heteroatoms. The number of halogens is 1. The number of hydrogen-bond acceptors (Lipinski definition) is 8. The molecule has 0 saturated carbocycles. The second-order valence-corrected chi connectivity index (χ2v) is 11.4. The zero-order valence-corrected chi connectivity index (χ0v) is 23.7. The zero-order valence-electron chi connectivity index (χ0n) is 21.2. The molecule has 5 rings (SSSR count). The number of methoxy groups -OCH3 is 1. The Kier molecular flexibility index (Phi) is 7.92. The van der Waals surface area contributed by atoms with E-state index in [1.165, 1.54) is 47.2 Å². The van der Waals surface area contributed by atoms with Gasteiger partial charge in [-0.15, -0.1) is 32.9 Å². The number of aryl methyl sites for hydroxylation is 1. The summed E-state index contributed by atoms with van der Waals surface area (Å²) in [6.45, 7) is 2.08. The zero-order chi connectivity index (χ0) is 27.5. The summed E-state index contributed by atoms with van der Waals surface area (Å²) in [5.41, 5.74) is 4.66. The lowest BCUT2D eigenvalue weighted by molar-refractivity contribution is -0.113. The van der Waals surface area contributed by atoms with E-state index in [4.69, 9.17) is 4.74 Å². The summed E-state index contributed by atoms with van der Waals surface area (Å²) in [6, 6.07) is 15.9. The Balaban J connectivity index is 1.32. The molecule has 0 aliphatic heterocycles. The average Bonchev–Trinajstić information content (AvgIpc) is 3.64. The van der Waals surface area contributed by atoms with E-state index in [1.807, 2.05) is 29.8 Å². The Bertz CT molecular complexity index is 1640. The number of nitrogens with one attached hydrogen (secondary N) is 1. The smallest absolute Gasteiger partial charge is 0.341 e. The number of nitrogens with zero attached hydrogens (tertiary/aromatic N) is 3. The summed E-state index contributed by atoms with van der Waals surface area (Å²) >= 11 is 4.12. The van der Waals surface area contributed by atoms with Gasteiger partial charge in [-0.3, -0.25) is 4.79 Å². The van der Waals surface area contributed by atoms with E-state index in [2.05, 4.69) is 40.0 Å². The molecule has 0 aliphatic rings. The molecule has 198 valence electrons. The first-order valence-electron chi connectivity index (χ1n) is 11.8. The summed E-state index contributed by atoms with van der Waals surface area (Å²) in [7, 11) is 3.15. The molecular formula is C28H23FN4O3S3. The number of amides is 1. The van der Waals surface area contributed by atoms with Gasteiger partial charge in [0.1, 0.15) is 16.4 Å². The molecular weight excluding hydrogens is 556 g/mol. The van der Waals surface area contributed by atoms with E-state index >= 15 is 0 Å². The van der Waals surface area contributed by atoms with Gasteiger partial charge >= 0.3 is 5.97 Å². The lowest BCUT2D eigenvalue weighted by atomic mass is 10.0. The first-order valence-corrected chi connectivity index (χ1v) is 14.5. The van der Waals surface area contributed by atoms with Crippen LogP contribution in [0.15, 0.2) is 70.5 Å². The number of ether oxygens (including phenoxy) is 1. The SMILES string of the molecule is COC(=O)c1c(-c2ccc(F)cc2)csc1NC(=O)CSc1nnc(-c2csc(C)c2-c2ccccc2)n1C. The van der Waals surface area contributed by atoms with E-state index in [1.54, 1.807) is 28.8 Å². The molecule has 3 heterocycles. The van der Waals surface area contributed by atoms with Crippen LogP contribution in [-0.4, -0.2) is 39.5 Å². The second kappa shape index (κ2) is 11.5. The third kappa shape index (κ3) is 5.51. The van der Waals surface area contributed by atoms with E-state index in [0.717, 1.165) is 22.5 Å². The fraction of sp³-hybridized carbons (Fsp3) is 0.143. The van der Waals surface area contributed by atoms with Crippen molar-refractivity contribution in [3.63, 3.8) is 0 Å². The largest absolute Gasteiger partial charge is 0.465 e. The van der Waals surface area contributed by atoms with Gasteiger partial charge in [0.15, 0.2) is 11.0 Å². The van der Waals surface area contributed by atoms with Crippen molar-refractivity contribution in [1.82, 2.24) is 14.8 Å². The molecule has 0 fully saturated rings. The molecule has 3 aromatic heterocycles. The van der Waals surface area contributed by atoms with Crippen molar-refractivity contribution in [2.75, 3.05) is 18.2 Å². The number of benzene rings is 2. The summed E-state index contributed by atoms with van der Waals surface area (Å²) < 4.78 is 20.2. The first-order chi connectivity index (χ1) is 18.9. The highest BCUT2D eigenvalue weighted by Gasteiger charge is 2.23. The number of hydrogen-bond donors (Lipinski definition) is 1. The van der Waals surface area contributed by atoms with Crippen LogP contribution in [-0.2, 0) is 16.6 Å². The quantitative estimate of drug-likeness (QED) is 0.159. The summed E-state index contributed by atoms with van der Waals surface area (Å²) in [5.74, 6) is -0.493. The molecule has 0 atom stereocenters. The predicted molar refractivity (Wildman–Crippen MR) is 155 cm³/mol. The molecule has 0 radical (unpaired) electrons. The third-order valence-electron chi connectivity index (χ3n) is 6.03. The Hall–Kier alpha value is -3.80. The number of carbonyl (C=O) groups is 2. The maximum Gasteiger partial charge on any atom is 0.341 e. The van der Waals surface area contributed by atoms with Crippen LogP contribution in [0.2, 0.25) is 0 Å². The maximum atomic E-state index is 13.4. The molecule has 2 aromatic carbocycles. The number of aromatic nitrogens is 3. The van der Waals surface area contributed by atoms with Gasteiger partial charge in [0.2, 0.25) is 5.91 Å². The monoisotopic (exact) mass is 578 g/mol. The number of esters is 1. The lowest BCUT2D eigenvalue weighted by Crippen LogP contribution is -2.16. The standard InChI is InChI=1S/C28H23FN4O3S3/c1-16-23(18-7-5-4-6-8-18)21(14-37-16)25-31-32-28(33(25)2)39-15-22(34)30-26-24(27(35)36-3)20(13-38-26)17-9-11-19(29)12-10-17/h4-14H,15H2,1-3H3,(H,30,34). The minimum absolute atomic E-state index is 0.0601. The minimum Gasteiger partial charge on any atom is -0.465 e. The first kappa shape index (κ1) is 26.8. The maximum absolute atomic E-state index is 13.4. The predicted octanol–water partition coefficient (Wildman–Crippen LogP) is 6.90. The second-order valence-electron chi connectivity index (χ2n) is 8.50. The van der Waals surface area contributed by atoms with E-state index in [-0.39, 0.29) is 23.0 Å². The van der Waals surface area contributed by atoms with Crippen molar-refractivity contribution in [2.45, 2.75) is 12.1 Å². The molecule has 39 heavy (non-hydrogen) atoms. The molecule has 0 bridgehead atoms. The summed E-state index contributed by atoms with van der Waals surface area (Å²) in [5, 5.41) is 16.3. The number of carbonyl (C=O) groups excluding carboxylic acids is 2. The topological polar surface area (TPSA) is 86.1 Å². The number of thiophene rings is 2. The van der Waals surface area contributed by atoms with Crippen molar-refractivity contribution in [3.8, 4) is 33.6 Å². The Morgan fingerprint density at radius 2 is 1.72 bits per heavy atom. The number of rotatable bonds is 8. The van der Waals surface area contributed by atoms with Crippen molar-refractivity contribution < 1.29 is 18.7 Å². The van der Waals surface area contributed by atoms with E-state index < -0.39 is 5.97 Å². The van der Waals surface area contributed by atoms with Crippen LogP contribution in [0, 0.1) is 12.7 Å². The Morgan fingerprint density at radius 3 is 2.44 bits per heavy atom. The van der Waals surface area contributed by atoms with Crippen LogP contribution in [0.25, 0.3) is 33.6 Å². The fourth-order valence-electron chi connectivity index (χ4n) is 4.15. The van der Waals surface area contributed by atoms with Gasteiger partial charge in [0.25, 0.3) is 0 Å². The third-order valence-corrected chi connectivity index (χ3v) is 8.86. The van der Waals surface area contributed by atoms with Crippen LogP contribution >= 0.6 is 34.4 Å². The van der Waals surface area contributed by atoms with Crippen LogP contribution in [0.1, 0.15) is 15.2 Å². The van der Waals surface area contributed by atoms with Crippen LogP contribution in [0.3, 0.4) is 0 Å². The van der Waals surface area contributed by atoms with Gasteiger partial charge in [0.05, 0.1) is 12.9 Å². The van der Waals surface area contributed by atoms with Gasteiger partial charge in [-0.2, -0.15) is 0 Å². The van der Waals surface area contributed by atoms with Crippen molar-refractivity contribution >= 4 is 51.3 Å². The van der Waals surface area contributed by atoms with Crippen molar-refractivity contribution in [3.05, 3.63) is 81.6 Å².